The number of hydrogen-bond acceptors (Lipinski definition) is 3. The topological polar surface area (TPSA) is 75.2 Å². The highest BCUT2D eigenvalue weighted by molar-refractivity contribution is 5.92. The van der Waals surface area contributed by atoms with E-state index in [1.165, 1.54) is 6.33 Å². The summed E-state index contributed by atoms with van der Waals surface area (Å²) < 4.78 is 5.36. The summed E-state index contributed by atoms with van der Waals surface area (Å²) in [5.74, 6) is -0.330. The Bertz CT molecular complexity index is 534. The normalized spacial score (nSPS) is 10.2. The highest BCUT2D eigenvalue weighted by Gasteiger charge is 2.14. The first-order valence-electron chi connectivity index (χ1n) is 5.22. The van der Waals surface area contributed by atoms with Gasteiger partial charge in [-0.2, -0.15) is 0 Å². The van der Waals surface area contributed by atoms with Gasteiger partial charge in [-0.1, -0.05) is 12.1 Å². The van der Waals surface area contributed by atoms with E-state index in [0.717, 1.165) is 5.56 Å². The fourth-order valence-corrected chi connectivity index (χ4v) is 1.58. The van der Waals surface area contributed by atoms with Crippen molar-refractivity contribution >= 4 is 5.97 Å². The second kappa shape index (κ2) is 4.69. The van der Waals surface area contributed by atoms with Crippen molar-refractivity contribution in [2.24, 2.45) is 0 Å². The number of nitrogens with zero attached hydrogens (tertiary/aromatic N) is 1. The van der Waals surface area contributed by atoms with Crippen LogP contribution in [0.4, 0.5) is 0 Å². The molecule has 0 amide bonds. The predicted octanol–water partition coefficient (Wildman–Crippen LogP) is 2.17. The van der Waals surface area contributed by atoms with Gasteiger partial charge in [0.1, 0.15) is 11.4 Å². The van der Waals surface area contributed by atoms with Crippen molar-refractivity contribution in [3.63, 3.8) is 0 Å². The molecule has 0 saturated carbocycles. The molecule has 88 valence electrons. The first-order chi connectivity index (χ1) is 8.22. The molecule has 0 aliphatic carbocycles. The third-order valence-electron chi connectivity index (χ3n) is 2.27. The molecule has 0 saturated heterocycles. The smallest absolute Gasteiger partial charge is 0.354 e. The molecule has 2 rings (SSSR count). The SMILES string of the molecule is CCOc1cccc(-c2nc[nH]c2C(=O)O)c1. The fraction of sp³-hybridized carbons (Fsp3) is 0.167. The number of carboxylic acids is 1. The van der Waals surface area contributed by atoms with Crippen LogP contribution in [-0.4, -0.2) is 27.7 Å². The number of H-pyrrole nitrogens is 1. The molecule has 0 fully saturated rings. The minimum absolute atomic E-state index is 0.0821. The molecule has 17 heavy (non-hydrogen) atoms. The highest BCUT2D eigenvalue weighted by Crippen LogP contribution is 2.24. The second-order valence-corrected chi connectivity index (χ2v) is 3.39. The second-order valence-electron chi connectivity index (χ2n) is 3.39. The number of rotatable bonds is 4. The highest BCUT2D eigenvalue weighted by atomic mass is 16.5. The molecule has 5 nitrogen and oxygen atoms in total. The van der Waals surface area contributed by atoms with Crippen molar-refractivity contribution in [1.82, 2.24) is 9.97 Å². The average Bonchev–Trinajstić information content (AvgIpc) is 2.79. The molecule has 1 aromatic carbocycles. The lowest BCUT2D eigenvalue weighted by Gasteiger charge is -2.04. The van der Waals surface area contributed by atoms with Crippen LogP contribution in [0, 0.1) is 0 Å². The summed E-state index contributed by atoms with van der Waals surface area (Å²) >= 11 is 0. The molecule has 0 unspecified atom stereocenters. The Morgan fingerprint density at radius 3 is 3.06 bits per heavy atom. The van der Waals surface area contributed by atoms with E-state index >= 15 is 0 Å². The Kier molecular flexibility index (Phi) is 3.09. The van der Waals surface area contributed by atoms with Crippen LogP contribution >= 0.6 is 0 Å². The Balaban J connectivity index is 2.42. The average molecular weight is 232 g/mol. The molecule has 0 aliphatic heterocycles. The van der Waals surface area contributed by atoms with Crippen LogP contribution in [0.25, 0.3) is 11.3 Å². The van der Waals surface area contributed by atoms with Crippen molar-refractivity contribution in [3.8, 4) is 17.0 Å². The maximum absolute atomic E-state index is 11.0. The lowest BCUT2D eigenvalue weighted by atomic mass is 10.1. The van der Waals surface area contributed by atoms with Crippen LogP contribution in [-0.2, 0) is 0 Å². The lowest BCUT2D eigenvalue weighted by Crippen LogP contribution is -1.99. The van der Waals surface area contributed by atoms with Crippen molar-refractivity contribution in [1.29, 1.82) is 0 Å². The van der Waals surface area contributed by atoms with Gasteiger partial charge in [-0.3, -0.25) is 0 Å². The van der Waals surface area contributed by atoms with E-state index in [4.69, 9.17) is 9.84 Å². The number of carbonyl (C=O) groups is 1. The zero-order valence-corrected chi connectivity index (χ0v) is 9.30. The molecule has 2 N–H and O–H groups in total. The summed E-state index contributed by atoms with van der Waals surface area (Å²) in [6.45, 7) is 2.46. The summed E-state index contributed by atoms with van der Waals surface area (Å²) in [6, 6.07) is 7.19. The summed E-state index contributed by atoms with van der Waals surface area (Å²) in [5.41, 5.74) is 1.22. The van der Waals surface area contributed by atoms with Crippen LogP contribution < -0.4 is 4.74 Å². The Hall–Kier alpha value is -2.30. The summed E-state index contributed by atoms with van der Waals surface area (Å²) in [4.78, 5) is 17.6. The zero-order chi connectivity index (χ0) is 12.3. The van der Waals surface area contributed by atoms with Crippen LogP contribution in [0.1, 0.15) is 17.4 Å². The number of aromatic nitrogens is 2. The Labute approximate surface area is 98.1 Å². The van der Waals surface area contributed by atoms with Crippen molar-refractivity contribution in [2.75, 3.05) is 6.61 Å². The summed E-state index contributed by atoms with van der Waals surface area (Å²) in [7, 11) is 0. The van der Waals surface area contributed by atoms with E-state index in [-0.39, 0.29) is 5.69 Å². The van der Waals surface area contributed by atoms with Gasteiger partial charge in [-0.15, -0.1) is 0 Å². The largest absolute Gasteiger partial charge is 0.494 e. The van der Waals surface area contributed by atoms with Gasteiger partial charge in [0.05, 0.1) is 12.9 Å². The third kappa shape index (κ3) is 2.28. The maximum atomic E-state index is 11.0. The number of aromatic amines is 1. The van der Waals surface area contributed by atoms with Crippen LogP contribution in [0.15, 0.2) is 30.6 Å². The van der Waals surface area contributed by atoms with Gasteiger partial charge in [-0.25, -0.2) is 9.78 Å². The molecule has 0 spiro atoms. The van der Waals surface area contributed by atoms with Crippen molar-refractivity contribution < 1.29 is 14.6 Å². The van der Waals surface area contributed by atoms with Gasteiger partial charge in [-0.05, 0) is 19.1 Å². The van der Waals surface area contributed by atoms with Gasteiger partial charge >= 0.3 is 5.97 Å². The molecular formula is C12H12N2O3. The van der Waals surface area contributed by atoms with E-state index in [2.05, 4.69) is 9.97 Å². The molecule has 0 aliphatic rings. The summed E-state index contributed by atoms with van der Waals surface area (Å²) in [5, 5.41) is 8.99. The third-order valence-corrected chi connectivity index (χ3v) is 2.27. The van der Waals surface area contributed by atoms with Gasteiger partial charge < -0.3 is 14.8 Å². The molecule has 1 heterocycles. The number of carboxylic acid groups (broad SMARTS) is 1. The minimum atomic E-state index is -1.03. The zero-order valence-electron chi connectivity index (χ0n) is 9.30. The number of aromatic carboxylic acids is 1. The van der Waals surface area contributed by atoms with Gasteiger partial charge in [0, 0.05) is 5.56 Å². The molecule has 0 bridgehead atoms. The van der Waals surface area contributed by atoms with E-state index in [0.29, 0.717) is 18.1 Å². The molecule has 5 heteroatoms. The summed E-state index contributed by atoms with van der Waals surface area (Å²) in [6.07, 6.45) is 1.37. The molecule has 1 aromatic heterocycles. The predicted molar refractivity (Wildman–Crippen MR) is 62.2 cm³/mol. The monoisotopic (exact) mass is 232 g/mol. The number of imidazole rings is 1. The fourth-order valence-electron chi connectivity index (χ4n) is 1.58. The number of benzene rings is 1. The number of ether oxygens (including phenoxy) is 1. The first kappa shape index (κ1) is 11.2. The van der Waals surface area contributed by atoms with Crippen molar-refractivity contribution in [2.45, 2.75) is 6.92 Å². The molecular weight excluding hydrogens is 220 g/mol. The van der Waals surface area contributed by atoms with E-state index in [1.54, 1.807) is 18.2 Å². The van der Waals surface area contributed by atoms with Crippen LogP contribution in [0.5, 0.6) is 5.75 Å². The van der Waals surface area contributed by atoms with E-state index in [1.807, 2.05) is 13.0 Å². The van der Waals surface area contributed by atoms with Gasteiger partial charge in [0.2, 0.25) is 0 Å². The molecule has 0 atom stereocenters. The lowest BCUT2D eigenvalue weighted by molar-refractivity contribution is 0.0692. The number of hydrogen-bond donors (Lipinski definition) is 2. The maximum Gasteiger partial charge on any atom is 0.354 e. The van der Waals surface area contributed by atoms with E-state index < -0.39 is 5.97 Å². The number of nitrogens with one attached hydrogen (secondary N) is 1. The Morgan fingerprint density at radius 2 is 2.35 bits per heavy atom. The van der Waals surface area contributed by atoms with Crippen LogP contribution in [0.3, 0.4) is 0 Å². The molecule has 2 aromatic rings. The molecule has 0 radical (unpaired) electrons. The van der Waals surface area contributed by atoms with Crippen molar-refractivity contribution in [3.05, 3.63) is 36.3 Å². The van der Waals surface area contributed by atoms with Gasteiger partial charge in [0.15, 0.2) is 5.69 Å². The Morgan fingerprint density at radius 1 is 1.53 bits per heavy atom. The van der Waals surface area contributed by atoms with E-state index in [9.17, 15) is 4.79 Å². The quantitative estimate of drug-likeness (QED) is 0.847. The minimum Gasteiger partial charge on any atom is -0.494 e. The van der Waals surface area contributed by atoms with Gasteiger partial charge in [0.25, 0.3) is 0 Å². The van der Waals surface area contributed by atoms with Crippen LogP contribution in [0.2, 0.25) is 0 Å². The standard InChI is InChI=1S/C12H12N2O3/c1-2-17-9-5-3-4-8(6-9)10-11(12(15)16)14-7-13-10/h3-7H,2H2,1H3,(H,13,14)(H,15,16). The first-order valence-corrected chi connectivity index (χ1v) is 5.22.